The number of fused-ring (bicyclic) bond motifs is 1. The molecule has 1 amide bonds. The van der Waals surface area contributed by atoms with E-state index >= 15 is 0 Å². The van der Waals surface area contributed by atoms with Gasteiger partial charge in [0.05, 0.1) is 13.7 Å². The molecular weight excluding hydrogens is 354 g/mol. The largest absolute Gasteiger partial charge is 0.496 e. The molecule has 2 fully saturated rings. The number of nitrogens with one attached hydrogen (secondary N) is 1. The van der Waals surface area contributed by atoms with Crippen molar-refractivity contribution in [2.24, 2.45) is 5.41 Å². The highest BCUT2D eigenvalue weighted by atomic mass is 16.5. The van der Waals surface area contributed by atoms with Gasteiger partial charge >= 0.3 is 0 Å². The Hall–Kier alpha value is -2.31. The third-order valence-corrected chi connectivity index (χ3v) is 6.40. The molecule has 6 heteroatoms. The number of amides is 1. The lowest BCUT2D eigenvalue weighted by atomic mass is 9.69. The van der Waals surface area contributed by atoms with Gasteiger partial charge < -0.3 is 19.7 Å². The smallest absolute Gasteiger partial charge is 0.270 e. The molecule has 1 aromatic carbocycles. The van der Waals surface area contributed by atoms with E-state index in [0.29, 0.717) is 5.69 Å². The van der Waals surface area contributed by atoms with E-state index in [2.05, 4.69) is 16.0 Å². The van der Waals surface area contributed by atoms with E-state index in [1.54, 1.807) is 13.3 Å². The molecule has 2 aliphatic rings. The topological polar surface area (TPSA) is 68.8 Å². The summed E-state index contributed by atoms with van der Waals surface area (Å²) in [4.78, 5) is 20.4. The van der Waals surface area contributed by atoms with Gasteiger partial charge in [0.15, 0.2) is 0 Å². The Kier molecular flexibility index (Phi) is 5.42. The van der Waals surface area contributed by atoms with Crippen LogP contribution in [0, 0.1) is 5.41 Å². The summed E-state index contributed by atoms with van der Waals surface area (Å²) >= 11 is 0. The van der Waals surface area contributed by atoms with Gasteiger partial charge in [0.25, 0.3) is 5.91 Å². The number of para-hydroxylation sites is 1. The van der Waals surface area contributed by atoms with Gasteiger partial charge in [-0.05, 0) is 37.5 Å². The molecule has 0 radical (unpaired) electrons. The van der Waals surface area contributed by atoms with E-state index in [0.717, 1.165) is 56.8 Å². The molecule has 2 aromatic rings. The molecule has 1 aromatic heterocycles. The van der Waals surface area contributed by atoms with Crippen molar-refractivity contribution in [1.82, 2.24) is 14.8 Å². The van der Waals surface area contributed by atoms with Crippen LogP contribution in [0.4, 0.5) is 0 Å². The Labute approximate surface area is 166 Å². The van der Waals surface area contributed by atoms with Crippen molar-refractivity contribution in [1.29, 1.82) is 0 Å². The molecule has 0 aliphatic carbocycles. The van der Waals surface area contributed by atoms with E-state index in [1.165, 1.54) is 0 Å². The SMILES string of the molecule is COc1ccccc1CN1CC[C@H]2N(C(=O)c3ccc[nH]3)CCC[C@]2(CO)C1. The normalized spacial score (nSPS) is 25.4. The summed E-state index contributed by atoms with van der Waals surface area (Å²) in [6.45, 7) is 3.36. The van der Waals surface area contributed by atoms with Crippen LogP contribution >= 0.6 is 0 Å². The summed E-state index contributed by atoms with van der Waals surface area (Å²) in [5, 5.41) is 10.4. The number of benzene rings is 1. The van der Waals surface area contributed by atoms with Crippen LogP contribution in [0.15, 0.2) is 42.6 Å². The molecule has 2 atom stereocenters. The maximum absolute atomic E-state index is 13.0. The zero-order valence-electron chi connectivity index (χ0n) is 16.4. The Morgan fingerprint density at radius 3 is 2.89 bits per heavy atom. The number of ether oxygens (including phenoxy) is 1. The molecule has 6 nitrogen and oxygen atoms in total. The first-order chi connectivity index (χ1) is 13.7. The number of aliphatic hydroxyl groups is 1. The molecule has 0 unspecified atom stereocenters. The Morgan fingerprint density at radius 2 is 2.14 bits per heavy atom. The van der Waals surface area contributed by atoms with E-state index in [9.17, 15) is 9.90 Å². The minimum atomic E-state index is -0.263. The maximum Gasteiger partial charge on any atom is 0.270 e. The first kappa shape index (κ1) is 19.0. The predicted octanol–water partition coefficient (Wildman–Crippen LogP) is 2.51. The number of aromatic nitrogens is 1. The first-order valence-electron chi connectivity index (χ1n) is 10.1. The molecule has 3 heterocycles. The number of hydrogen-bond acceptors (Lipinski definition) is 4. The van der Waals surface area contributed by atoms with Gasteiger partial charge in [-0.2, -0.15) is 0 Å². The minimum Gasteiger partial charge on any atom is -0.496 e. The van der Waals surface area contributed by atoms with Crippen molar-refractivity contribution >= 4 is 5.91 Å². The number of aromatic amines is 1. The number of carbonyl (C=O) groups is 1. The molecule has 2 N–H and O–H groups in total. The van der Waals surface area contributed by atoms with Gasteiger partial charge in [0.2, 0.25) is 0 Å². The molecule has 28 heavy (non-hydrogen) atoms. The van der Waals surface area contributed by atoms with Crippen molar-refractivity contribution in [2.45, 2.75) is 31.8 Å². The van der Waals surface area contributed by atoms with Gasteiger partial charge in [0.1, 0.15) is 11.4 Å². The molecule has 0 bridgehead atoms. The van der Waals surface area contributed by atoms with Crippen molar-refractivity contribution in [3.63, 3.8) is 0 Å². The Bertz CT molecular complexity index is 807. The zero-order chi connectivity index (χ0) is 19.6. The average Bonchev–Trinajstić information content (AvgIpc) is 3.28. The van der Waals surface area contributed by atoms with Crippen LogP contribution in [0.25, 0.3) is 0 Å². The van der Waals surface area contributed by atoms with Crippen LogP contribution in [0.2, 0.25) is 0 Å². The fraction of sp³-hybridized carbons (Fsp3) is 0.500. The van der Waals surface area contributed by atoms with E-state index in [1.807, 2.05) is 35.2 Å². The van der Waals surface area contributed by atoms with E-state index in [-0.39, 0.29) is 24.0 Å². The van der Waals surface area contributed by atoms with Crippen LogP contribution in [0.5, 0.6) is 5.75 Å². The summed E-state index contributed by atoms with van der Waals surface area (Å²) in [5.41, 5.74) is 1.53. The summed E-state index contributed by atoms with van der Waals surface area (Å²) in [7, 11) is 1.70. The molecule has 4 rings (SSSR count). The predicted molar refractivity (Wildman–Crippen MR) is 107 cm³/mol. The quantitative estimate of drug-likeness (QED) is 0.833. The number of likely N-dealkylation sites (tertiary alicyclic amines) is 2. The molecule has 2 aliphatic heterocycles. The van der Waals surface area contributed by atoms with Crippen molar-refractivity contribution in [3.8, 4) is 5.75 Å². The number of H-pyrrole nitrogens is 1. The summed E-state index contributed by atoms with van der Waals surface area (Å²) in [6, 6.07) is 11.9. The summed E-state index contributed by atoms with van der Waals surface area (Å²) < 4.78 is 5.50. The zero-order valence-corrected chi connectivity index (χ0v) is 16.4. The number of hydrogen-bond donors (Lipinski definition) is 2. The average molecular weight is 383 g/mol. The van der Waals surface area contributed by atoms with Crippen LogP contribution in [-0.2, 0) is 6.54 Å². The van der Waals surface area contributed by atoms with Crippen LogP contribution in [-0.4, -0.2) is 65.2 Å². The second kappa shape index (κ2) is 7.97. The van der Waals surface area contributed by atoms with E-state index in [4.69, 9.17) is 4.74 Å². The lowest BCUT2D eigenvalue weighted by Gasteiger charge is -2.54. The highest BCUT2D eigenvalue weighted by molar-refractivity contribution is 5.92. The van der Waals surface area contributed by atoms with Gasteiger partial charge in [-0.15, -0.1) is 0 Å². The Morgan fingerprint density at radius 1 is 1.29 bits per heavy atom. The highest BCUT2D eigenvalue weighted by Gasteiger charge is 2.49. The number of nitrogens with zero attached hydrogens (tertiary/aromatic N) is 2. The molecule has 150 valence electrons. The lowest BCUT2D eigenvalue weighted by molar-refractivity contribution is -0.0688. The number of aliphatic hydroxyl groups excluding tert-OH is 1. The van der Waals surface area contributed by atoms with Gasteiger partial charge in [-0.1, -0.05) is 18.2 Å². The third-order valence-electron chi connectivity index (χ3n) is 6.40. The first-order valence-corrected chi connectivity index (χ1v) is 10.1. The van der Waals surface area contributed by atoms with Crippen LogP contribution in [0.1, 0.15) is 35.3 Å². The van der Waals surface area contributed by atoms with Gasteiger partial charge in [-0.25, -0.2) is 0 Å². The lowest BCUT2D eigenvalue weighted by Crippen LogP contribution is -2.63. The fourth-order valence-corrected chi connectivity index (χ4v) is 5.04. The van der Waals surface area contributed by atoms with Crippen molar-refractivity contribution in [2.75, 3.05) is 33.4 Å². The second-order valence-corrected chi connectivity index (χ2v) is 8.03. The third kappa shape index (κ3) is 3.42. The molecule has 0 spiro atoms. The standard InChI is InChI=1S/C22H29N3O3/c1-28-19-8-3-2-6-17(19)14-24-13-9-20-22(15-24,16-26)10-5-12-25(20)21(27)18-7-4-11-23-18/h2-4,6-8,11,20,23,26H,5,9-10,12-16H2,1H3/t20-,22-/m1/s1. The second-order valence-electron chi connectivity index (χ2n) is 8.03. The number of rotatable bonds is 5. The minimum absolute atomic E-state index is 0.0469. The molecular formula is C22H29N3O3. The highest BCUT2D eigenvalue weighted by Crippen LogP contribution is 2.42. The number of carbonyl (C=O) groups excluding carboxylic acids is 1. The molecule has 0 saturated carbocycles. The fourth-order valence-electron chi connectivity index (χ4n) is 5.04. The van der Waals surface area contributed by atoms with Crippen LogP contribution in [0.3, 0.4) is 0 Å². The summed E-state index contributed by atoms with van der Waals surface area (Å²) in [5.74, 6) is 0.945. The van der Waals surface area contributed by atoms with Crippen LogP contribution < -0.4 is 4.74 Å². The Balaban J connectivity index is 1.53. The van der Waals surface area contributed by atoms with E-state index < -0.39 is 0 Å². The number of methoxy groups -OCH3 is 1. The van der Waals surface area contributed by atoms with Gasteiger partial charge in [-0.3, -0.25) is 9.69 Å². The van der Waals surface area contributed by atoms with Crippen molar-refractivity contribution < 1.29 is 14.6 Å². The summed E-state index contributed by atoms with van der Waals surface area (Å²) in [6.07, 6.45) is 4.53. The molecule has 2 saturated heterocycles. The van der Waals surface area contributed by atoms with Gasteiger partial charge in [0, 0.05) is 49.4 Å². The number of piperidine rings is 2. The van der Waals surface area contributed by atoms with Crippen molar-refractivity contribution in [3.05, 3.63) is 53.9 Å². The maximum atomic E-state index is 13.0. The monoisotopic (exact) mass is 383 g/mol.